The van der Waals surface area contributed by atoms with Crippen LogP contribution < -0.4 is 10.8 Å². The van der Waals surface area contributed by atoms with Gasteiger partial charge in [-0.05, 0) is 28.7 Å². The van der Waals surface area contributed by atoms with Gasteiger partial charge >= 0.3 is 20.2 Å². The number of carbonyl (C=O) groups excluding carboxylic acids is 1. The number of nitrogens with two attached hydrogens (primary N) is 1. The predicted molar refractivity (Wildman–Crippen MR) is 180 cm³/mol. The standard InChI is InChI=1S/C34H45F3N6O6P/c1-3-5-6-7-8-9-10-11-12-13-14-15-47-32(45)26(18-23-16-24(35)19-25(36)17-23)42-50(46)48-21-34(4-2)27(44)20-28(49-34)43-22-39-29-30(38)40-33(37)41-31(29)43/h2,16-17,19,22,26-28,44H,3,5-15,18,20-21H2,1H3,(H,42,46)(H2,38,40,41)/q+1/t26-,27-,28+,34+/m0/s1. The highest BCUT2D eigenvalue weighted by atomic mass is 31.1. The van der Waals surface area contributed by atoms with Gasteiger partial charge in [0.05, 0.1) is 12.9 Å². The van der Waals surface area contributed by atoms with E-state index in [-0.39, 0.29) is 42.0 Å². The number of ether oxygens (including phenoxy) is 2. The second-order valence-corrected chi connectivity index (χ2v) is 13.5. The van der Waals surface area contributed by atoms with Gasteiger partial charge in [-0.25, -0.2) is 13.8 Å². The summed E-state index contributed by atoms with van der Waals surface area (Å²) in [6.45, 7) is 1.73. The Hall–Kier alpha value is -3.67. The highest BCUT2D eigenvalue weighted by Gasteiger charge is 2.50. The van der Waals surface area contributed by atoms with E-state index in [1.807, 2.05) is 0 Å². The van der Waals surface area contributed by atoms with Crippen molar-refractivity contribution in [3.8, 4) is 12.3 Å². The zero-order valence-corrected chi connectivity index (χ0v) is 29.1. The summed E-state index contributed by atoms with van der Waals surface area (Å²) in [7, 11) is -2.85. The van der Waals surface area contributed by atoms with Gasteiger partial charge in [-0.15, -0.1) is 10.9 Å². The summed E-state index contributed by atoms with van der Waals surface area (Å²) in [6.07, 6.45) is 15.6. The largest absolute Gasteiger partial charge is 0.614 e. The molecule has 1 aromatic carbocycles. The lowest BCUT2D eigenvalue weighted by molar-refractivity contribution is -0.145. The zero-order chi connectivity index (χ0) is 36.1. The summed E-state index contributed by atoms with van der Waals surface area (Å²) in [5.74, 6) is -0.299. The second-order valence-electron chi connectivity index (χ2n) is 12.5. The average molecular weight is 722 g/mol. The number of halogens is 3. The molecule has 50 heavy (non-hydrogen) atoms. The first-order valence-electron chi connectivity index (χ1n) is 17.0. The van der Waals surface area contributed by atoms with Gasteiger partial charge in [-0.1, -0.05) is 82.1 Å². The molecule has 3 heterocycles. The molecule has 1 saturated heterocycles. The number of benzene rings is 1. The quantitative estimate of drug-likeness (QED) is 0.0377. The van der Waals surface area contributed by atoms with Crippen molar-refractivity contribution in [1.29, 1.82) is 0 Å². The van der Waals surface area contributed by atoms with Gasteiger partial charge in [0.2, 0.25) is 0 Å². The number of unbranched alkanes of at least 4 members (excludes halogenated alkanes) is 10. The molecule has 0 aliphatic carbocycles. The molecule has 0 amide bonds. The van der Waals surface area contributed by atoms with Crippen LogP contribution in [0.2, 0.25) is 0 Å². The normalized spacial score (nSPS) is 19.8. The summed E-state index contributed by atoms with van der Waals surface area (Å²) in [4.78, 5) is 24.3. The number of esters is 1. The number of fused-ring (bicyclic) bond motifs is 1. The number of nitrogen functional groups attached to an aromatic ring is 1. The van der Waals surface area contributed by atoms with E-state index >= 15 is 0 Å². The summed E-state index contributed by atoms with van der Waals surface area (Å²) in [5.41, 5.74) is 4.19. The minimum absolute atomic E-state index is 0.0111. The molecule has 2 aromatic heterocycles. The van der Waals surface area contributed by atoms with Gasteiger partial charge in [0.15, 0.2) is 28.6 Å². The van der Waals surface area contributed by atoms with Crippen molar-refractivity contribution in [2.75, 3.05) is 18.9 Å². The maximum atomic E-state index is 13.9. The lowest BCUT2D eigenvalue weighted by Crippen LogP contribution is -2.43. The second kappa shape index (κ2) is 19.1. The van der Waals surface area contributed by atoms with Crippen LogP contribution >= 0.6 is 8.18 Å². The Morgan fingerprint density at radius 1 is 1.12 bits per heavy atom. The number of nitrogens with one attached hydrogen (secondary N) is 1. The first kappa shape index (κ1) is 39.1. The fraction of sp³-hybridized carbons (Fsp3) is 0.588. The third-order valence-electron chi connectivity index (χ3n) is 8.58. The number of aromatic nitrogens is 4. The van der Waals surface area contributed by atoms with Crippen LogP contribution in [0.25, 0.3) is 11.2 Å². The number of carbonyl (C=O) groups is 1. The van der Waals surface area contributed by atoms with Crippen LogP contribution in [0.4, 0.5) is 19.0 Å². The Bertz CT molecular complexity index is 1620. The number of terminal acetylenes is 1. The lowest BCUT2D eigenvalue weighted by atomic mass is 9.99. The van der Waals surface area contributed by atoms with Crippen molar-refractivity contribution >= 4 is 31.1 Å². The molecule has 3 aromatic rings. The van der Waals surface area contributed by atoms with Crippen molar-refractivity contribution in [2.45, 2.75) is 114 Å². The molecule has 0 spiro atoms. The number of imidazole rings is 1. The summed E-state index contributed by atoms with van der Waals surface area (Å²) in [6, 6.07) is 1.52. The Labute approximate surface area is 290 Å². The van der Waals surface area contributed by atoms with Crippen molar-refractivity contribution in [2.24, 2.45) is 0 Å². The smallest absolute Gasteiger partial charge is 0.464 e. The Kier molecular flexibility index (Phi) is 14.9. The highest BCUT2D eigenvalue weighted by molar-refractivity contribution is 7.36. The van der Waals surface area contributed by atoms with Gasteiger partial charge in [-0.3, -0.25) is 9.36 Å². The molecule has 0 bridgehead atoms. The number of aliphatic hydroxyl groups excluding tert-OH is 1. The van der Waals surface area contributed by atoms with Gasteiger partial charge in [0, 0.05) is 18.9 Å². The van der Waals surface area contributed by atoms with Crippen LogP contribution in [0, 0.1) is 30.1 Å². The molecule has 0 saturated carbocycles. The number of rotatable bonds is 21. The third-order valence-corrected chi connectivity index (χ3v) is 9.47. The van der Waals surface area contributed by atoms with Crippen LogP contribution in [0.1, 0.15) is 95.8 Å². The van der Waals surface area contributed by atoms with E-state index in [9.17, 15) is 27.6 Å². The minimum Gasteiger partial charge on any atom is -0.464 e. The first-order valence-corrected chi connectivity index (χ1v) is 18.2. The Morgan fingerprint density at radius 3 is 2.40 bits per heavy atom. The van der Waals surface area contributed by atoms with Crippen molar-refractivity contribution < 1.29 is 41.6 Å². The molecular formula is C34H45F3N6O6P+. The summed E-state index contributed by atoms with van der Waals surface area (Å²) >= 11 is 0. The van der Waals surface area contributed by atoms with Crippen molar-refractivity contribution in [1.82, 2.24) is 24.6 Å². The molecule has 16 heteroatoms. The minimum atomic E-state index is -2.85. The molecule has 1 aliphatic rings. The Balaban J connectivity index is 1.31. The molecule has 0 radical (unpaired) electrons. The van der Waals surface area contributed by atoms with Crippen LogP contribution in [0.5, 0.6) is 0 Å². The zero-order valence-electron chi connectivity index (χ0n) is 28.2. The molecule has 12 nitrogen and oxygen atoms in total. The number of hydrogen-bond acceptors (Lipinski definition) is 10. The van der Waals surface area contributed by atoms with Gasteiger partial charge < -0.3 is 20.3 Å². The van der Waals surface area contributed by atoms with Crippen LogP contribution in [-0.4, -0.2) is 61.6 Å². The summed E-state index contributed by atoms with van der Waals surface area (Å²) < 4.78 is 73.0. The van der Waals surface area contributed by atoms with E-state index < -0.39 is 62.4 Å². The molecule has 5 atom stereocenters. The number of nitrogens with zero attached hydrogens (tertiary/aromatic N) is 4. The van der Waals surface area contributed by atoms with Gasteiger partial charge in [-0.2, -0.15) is 14.4 Å². The van der Waals surface area contributed by atoms with Gasteiger partial charge in [0.1, 0.15) is 30.6 Å². The maximum absolute atomic E-state index is 13.9. The van der Waals surface area contributed by atoms with E-state index in [0.717, 1.165) is 31.4 Å². The molecule has 1 fully saturated rings. The molecule has 4 N–H and O–H groups in total. The third kappa shape index (κ3) is 10.9. The number of anilines is 1. The number of hydrogen-bond donors (Lipinski definition) is 3. The van der Waals surface area contributed by atoms with Crippen LogP contribution in [0.3, 0.4) is 0 Å². The van der Waals surface area contributed by atoms with E-state index in [0.29, 0.717) is 12.5 Å². The fourth-order valence-corrected chi connectivity index (χ4v) is 6.68. The van der Waals surface area contributed by atoms with E-state index in [4.69, 9.17) is 26.2 Å². The molecule has 1 unspecified atom stereocenters. The molecular weight excluding hydrogens is 676 g/mol. The first-order chi connectivity index (χ1) is 24.0. The maximum Gasteiger partial charge on any atom is 0.614 e. The Morgan fingerprint density at radius 2 is 1.76 bits per heavy atom. The van der Waals surface area contributed by atoms with E-state index in [1.54, 1.807) is 0 Å². The summed E-state index contributed by atoms with van der Waals surface area (Å²) in [5, 5.41) is 13.4. The number of aliphatic hydroxyl groups is 1. The highest BCUT2D eigenvalue weighted by Crippen LogP contribution is 2.39. The van der Waals surface area contributed by atoms with E-state index in [2.05, 4.69) is 32.9 Å². The molecule has 272 valence electrons. The van der Waals surface area contributed by atoms with Crippen molar-refractivity contribution in [3.63, 3.8) is 0 Å². The van der Waals surface area contributed by atoms with E-state index in [1.165, 1.54) is 55.8 Å². The SMILES string of the molecule is C#C[C@]1(CO[P+](=O)N[C@@H](Cc2cc(F)cc(F)c2)C(=O)OCCCCCCCCCCCCC)O[C@@H](n2cnc3c(N)nc(F)nc32)C[C@@H]1O. The monoisotopic (exact) mass is 721 g/mol. The van der Waals surface area contributed by atoms with Crippen LogP contribution in [-0.2, 0) is 29.8 Å². The fourth-order valence-electron chi connectivity index (χ4n) is 5.85. The molecule has 1 aliphatic heterocycles. The lowest BCUT2D eigenvalue weighted by Gasteiger charge is -2.24. The van der Waals surface area contributed by atoms with Gasteiger partial charge in [0.25, 0.3) is 0 Å². The molecule has 4 rings (SSSR count). The van der Waals surface area contributed by atoms with Crippen LogP contribution in [0.15, 0.2) is 24.5 Å². The van der Waals surface area contributed by atoms with Crippen molar-refractivity contribution in [3.05, 3.63) is 47.8 Å². The predicted octanol–water partition coefficient (Wildman–Crippen LogP) is 6.21. The topological polar surface area (TPSA) is 164 Å². The average Bonchev–Trinajstić information content (AvgIpc) is 3.64.